The number of hydrogen-bond acceptors (Lipinski definition) is 2. The molecule has 1 aliphatic carbocycles. The molecule has 1 aliphatic heterocycles. The lowest BCUT2D eigenvalue weighted by Crippen LogP contribution is -2.38. The van der Waals surface area contributed by atoms with Gasteiger partial charge in [0.05, 0.1) is 0 Å². The van der Waals surface area contributed by atoms with Crippen LogP contribution in [-0.4, -0.2) is 25.0 Å². The van der Waals surface area contributed by atoms with Gasteiger partial charge in [0, 0.05) is 12.5 Å². The van der Waals surface area contributed by atoms with Crippen molar-refractivity contribution in [2.45, 2.75) is 45.6 Å². The number of carbonyl (C=O) groups is 1. The van der Waals surface area contributed by atoms with E-state index in [-0.39, 0.29) is 5.91 Å². The van der Waals surface area contributed by atoms with E-state index in [2.05, 4.69) is 24.5 Å². The molecule has 2 aliphatic rings. The molecule has 4 unspecified atom stereocenters. The molecule has 0 radical (unpaired) electrons. The molecule has 0 aromatic carbocycles. The SMILES string of the molecule is CC1CCC(NC(=O)CC2CCNC2)C1C. The van der Waals surface area contributed by atoms with Gasteiger partial charge < -0.3 is 10.6 Å². The van der Waals surface area contributed by atoms with Gasteiger partial charge in [-0.15, -0.1) is 0 Å². The minimum atomic E-state index is 0.264. The van der Waals surface area contributed by atoms with E-state index in [1.807, 2.05) is 0 Å². The fourth-order valence-corrected chi connectivity index (χ4v) is 2.98. The van der Waals surface area contributed by atoms with Gasteiger partial charge in [0.2, 0.25) is 5.91 Å². The summed E-state index contributed by atoms with van der Waals surface area (Å²) in [7, 11) is 0. The first-order valence-corrected chi connectivity index (χ1v) is 6.67. The Morgan fingerprint density at radius 3 is 2.69 bits per heavy atom. The number of carbonyl (C=O) groups excluding carboxylic acids is 1. The van der Waals surface area contributed by atoms with Crippen LogP contribution in [0.1, 0.15) is 39.5 Å². The molecular formula is C13H24N2O. The average molecular weight is 224 g/mol. The Balaban J connectivity index is 1.74. The van der Waals surface area contributed by atoms with Gasteiger partial charge in [-0.3, -0.25) is 4.79 Å². The summed E-state index contributed by atoms with van der Waals surface area (Å²) in [4.78, 5) is 11.9. The van der Waals surface area contributed by atoms with Gasteiger partial charge in [0.1, 0.15) is 0 Å². The fourth-order valence-electron chi connectivity index (χ4n) is 2.98. The van der Waals surface area contributed by atoms with Gasteiger partial charge in [-0.25, -0.2) is 0 Å². The highest BCUT2D eigenvalue weighted by Crippen LogP contribution is 2.31. The van der Waals surface area contributed by atoms with Crippen LogP contribution >= 0.6 is 0 Å². The van der Waals surface area contributed by atoms with Crippen LogP contribution in [0.5, 0.6) is 0 Å². The van der Waals surface area contributed by atoms with Crippen molar-refractivity contribution >= 4 is 5.91 Å². The maximum Gasteiger partial charge on any atom is 0.220 e. The van der Waals surface area contributed by atoms with E-state index < -0.39 is 0 Å². The Bertz CT molecular complexity index is 248. The van der Waals surface area contributed by atoms with Crippen molar-refractivity contribution in [1.29, 1.82) is 0 Å². The van der Waals surface area contributed by atoms with Crippen molar-refractivity contribution < 1.29 is 4.79 Å². The van der Waals surface area contributed by atoms with E-state index in [0.29, 0.717) is 24.3 Å². The molecule has 3 heteroatoms. The highest BCUT2D eigenvalue weighted by atomic mass is 16.1. The second-order valence-electron chi connectivity index (χ2n) is 5.65. The van der Waals surface area contributed by atoms with Crippen molar-refractivity contribution in [3.8, 4) is 0 Å². The van der Waals surface area contributed by atoms with Crippen LogP contribution in [0, 0.1) is 17.8 Å². The summed E-state index contributed by atoms with van der Waals surface area (Å²) in [6.45, 7) is 6.65. The molecule has 4 atom stereocenters. The predicted octanol–water partition coefficient (Wildman–Crippen LogP) is 1.54. The Morgan fingerprint density at radius 2 is 2.12 bits per heavy atom. The van der Waals surface area contributed by atoms with E-state index >= 15 is 0 Å². The van der Waals surface area contributed by atoms with Gasteiger partial charge in [-0.2, -0.15) is 0 Å². The summed E-state index contributed by atoms with van der Waals surface area (Å²) in [5, 5.41) is 6.53. The van der Waals surface area contributed by atoms with Crippen LogP contribution in [-0.2, 0) is 4.79 Å². The zero-order valence-corrected chi connectivity index (χ0v) is 10.5. The normalized spacial score (nSPS) is 38.9. The van der Waals surface area contributed by atoms with Crippen molar-refractivity contribution in [3.63, 3.8) is 0 Å². The van der Waals surface area contributed by atoms with Crippen LogP contribution < -0.4 is 10.6 Å². The van der Waals surface area contributed by atoms with Crippen LogP contribution in [0.15, 0.2) is 0 Å². The Labute approximate surface area is 98.4 Å². The highest BCUT2D eigenvalue weighted by Gasteiger charge is 2.31. The molecule has 3 nitrogen and oxygen atoms in total. The van der Waals surface area contributed by atoms with Crippen molar-refractivity contribution in [2.24, 2.45) is 17.8 Å². The zero-order chi connectivity index (χ0) is 11.5. The topological polar surface area (TPSA) is 41.1 Å². The van der Waals surface area contributed by atoms with Gasteiger partial charge in [-0.1, -0.05) is 13.8 Å². The Morgan fingerprint density at radius 1 is 1.31 bits per heavy atom. The molecule has 0 bridgehead atoms. The number of nitrogens with one attached hydrogen (secondary N) is 2. The molecule has 1 amide bonds. The molecule has 2 fully saturated rings. The van der Waals surface area contributed by atoms with Crippen LogP contribution in [0.2, 0.25) is 0 Å². The lowest BCUT2D eigenvalue weighted by molar-refractivity contribution is -0.122. The number of hydrogen-bond donors (Lipinski definition) is 2. The molecule has 2 rings (SSSR count). The van der Waals surface area contributed by atoms with Gasteiger partial charge in [-0.05, 0) is 50.1 Å². The minimum absolute atomic E-state index is 0.264. The molecule has 92 valence electrons. The molecule has 1 saturated carbocycles. The molecule has 1 saturated heterocycles. The maximum atomic E-state index is 11.9. The number of rotatable bonds is 3. The predicted molar refractivity (Wildman–Crippen MR) is 65.1 cm³/mol. The van der Waals surface area contributed by atoms with Gasteiger partial charge >= 0.3 is 0 Å². The van der Waals surface area contributed by atoms with Gasteiger partial charge in [0.25, 0.3) is 0 Å². The molecule has 0 aromatic rings. The first kappa shape index (κ1) is 11.9. The van der Waals surface area contributed by atoms with Crippen LogP contribution in [0.4, 0.5) is 0 Å². The van der Waals surface area contributed by atoms with E-state index in [1.54, 1.807) is 0 Å². The standard InChI is InChI=1S/C13H24N2O/c1-9-3-4-12(10(9)2)15-13(16)7-11-5-6-14-8-11/h9-12,14H,3-8H2,1-2H3,(H,15,16). The summed E-state index contributed by atoms with van der Waals surface area (Å²) < 4.78 is 0. The van der Waals surface area contributed by atoms with E-state index in [4.69, 9.17) is 0 Å². The summed E-state index contributed by atoms with van der Waals surface area (Å²) in [6, 6.07) is 0.428. The lowest BCUT2D eigenvalue weighted by atomic mass is 9.97. The first-order chi connectivity index (χ1) is 7.66. The monoisotopic (exact) mass is 224 g/mol. The largest absolute Gasteiger partial charge is 0.353 e. The quantitative estimate of drug-likeness (QED) is 0.763. The molecule has 16 heavy (non-hydrogen) atoms. The van der Waals surface area contributed by atoms with Crippen LogP contribution in [0.25, 0.3) is 0 Å². The summed E-state index contributed by atoms with van der Waals surface area (Å²) >= 11 is 0. The van der Waals surface area contributed by atoms with E-state index in [1.165, 1.54) is 6.42 Å². The third-order valence-electron chi connectivity index (χ3n) is 4.45. The molecule has 0 spiro atoms. The average Bonchev–Trinajstić information content (AvgIpc) is 2.83. The highest BCUT2D eigenvalue weighted by molar-refractivity contribution is 5.76. The van der Waals surface area contributed by atoms with E-state index in [9.17, 15) is 4.79 Å². The van der Waals surface area contributed by atoms with Crippen molar-refractivity contribution in [1.82, 2.24) is 10.6 Å². The second-order valence-corrected chi connectivity index (χ2v) is 5.65. The van der Waals surface area contributed by atoms with Crippen LogP contribution in [0.3, 0.4) is 0 Å². The lowest BCUT2D eigenvalue weighted by Gasteiger charge is -2.20. The molecule has 0 aromatic heterocycles. The minimum Gasteiger partial charge on any atom is -0.353 e. The van der Waals surface area contributed by atoms with Crippen molar-refractivity contribution in [3.05, 3.63) is 0 Å². The summed E-state index contributed by atoms with van der Waals surface area (Å²) in [6.07, 6.45) is 4.29. The molecule has 1 heterocycles. The third-order valence-corrected chi connectivity index (χ3v) is 4.45. The van der Waals surface area contributed by atoms with Gasteiger partial charge in [0.15, 0.2) is 0 Å². The summed E-state index contributed by atoms with van der Waals surface area (Å²) in [5.74, 6) is 2.23. The number of amides is 1. The zero-order valence-electron chi connectivity index (χ0n) is 10.5. The molecule has 2 N–H and O–H groups in total. The third kappa shape index (κ3) is 2.76. The fraction of sp³-hybridized carbons (Fsp3) is 0.923. The Kier molecular flexibility index (Phi) is 3.85. The smallest absolute Gasteiger partial charge is 0.220 e. The van der Waals surface area contributed by atoms with E-state index in [0.717, 1.165) is 31.8 Å². The second kappa shape index (κ2) is 5.17. The maximum absolute atomic E-state index is 11.9. The van der Waals surface area contributed by atoms with Crippen molar-refractivity contribution in [2.75, 3.05) is 13.1 Å². The first-order valence-electron chi connectivity index (χ1n) is 6.67. The molecular weight excluding hydrogens is 200 g/mol. The summed E-state index contributed by atoms with van der Waals surface area (Å²) in [5.41, 5.74) is 0. The Hall–Kier alpha value is -0.570.